The second kappa shape index (κ2) is 6.01. The third kappa shape index (κ3) is 3.33. The number of rotatable bonds is 3. The van der Waals surface area contributed by atoms with Crippen LogP contribution in [0.5, 0.6) is 0 Å². The van der Waals surface area contributed by atoms with E-state index < -0.39 is 0 Å². The molecule has 3 heteroatoms. The summed E-state index contributed by atoms with van der Waals surface area (Å²) in [6.45, 7) is 6.45. The van der Waals surface area contributed by atoms with Gasteiger partial charge in [-0.15, -0.1) is 0 Å². The Morgan fingerprint density at radius 1 is 1.39 bits per heavy atom. The summed E-state index contributed by atoms with van der Waals surface area (Å²) in [4.78, 5) is 13.6. The van der Waals surface area contributed by atoms with Crippen molar-refractivity contribution in [3.05, 3.63) is 35.4 Å². The van der Waals surface area contributed by atoms with Crippen molar-refractivity contribution in [2.24, 2.45) is 0 Å². The maximum absolute atomic E-state index is 11.6. The third-order valence-corrected chi connectivity index (χ3v) is 3.64. The van der Waals surface area contributed by atoms with Crippen LogP contribution < -0.4 is 5.32 Å². The molecule has 0 aliphatic carbocycles. The predicted octanol–water partition coefficient (Wildman–Crippen LogP) is 1.75. The van der Waals surface area contributed by atoms with Gasteiger partial charge in [-0.3, -0.25) is 4.79 Å². The zero-order chi connectivity index (χ0) is 13.0. The van der Waals surface area contributed by atoms with E-state index in [0.29, 0.717) is 6.04 Å². The molecule has 0 aromatic heterocycles. The third-order valence-electron chi connectivity index (χ3n) is 3.64. The van der Waals surface area contributed by atoms with E-state index in [0.717, 1.165) is 32.5 Å². The fourth-order valence-electron chi connectivity index (χ4n) is 2.52. The van der Waals surface area contributed by atoms with Crippen LogP contribution in [0.2, 0.25) is 0 Å². The summed E-state index contributed by atoms with van der Waals surface area (Å²) in [7, 11) is 0. The molecule has 0 bridgehead atoms. The van der Waals surface area contributed by atoms with Crippen molar-refractivity contribution in [3.8, 4) is 0 Å². The summed E-state index contributed by atoms with van der Waals surface area (Å²) < 4.78 is 0. The number of hydrogen-bond acceptors (Lipinski definition) is 2. The molecular formula is C15H22N2O. The topological polar surface area (TPSA) is 32.3 Å². The van der Waals surface area contributed by atoms with E-state index in [1.54, 1.807) is 6.92 Å². The molecular weight excluding hydrogens is 224 g/mol. The minimum Gasteiger partial charge on any atom is -0.337 e. The van der Waals surface area contributed by atoms with E-state index in [-0.39, 0.29) is 5.91 Å². The minimum atomic E-state index is 0.199. The molecule has 1 aromatic carbocycles. The summed E-state index contributed by atoms with van der Waals surface area (Å²) in [6, 6.07) is 9.01. The number of aryl methyl sites for hydroxylation is 2. The van der Waals surface area contributed by atoms with Gasteiger partial charge in [0.05, 0.1) is 0 Å². The van der Waals surface area contributed by atoms with Crippen molar-refractivity contribution in [1.29, 1.82) is 0 Å². The number of benzene rings is 1. The van der Waals surface area contributed by atoms with Gasteiger partial charge in [0, 0.05) is 32.6 Å². The smallest absolute Gasteiger partial charge is 0.219 e. The molecule has 3 nitrogen and oxygen atoms in total. The molecule has 1 aliphatic rings. The second-order valence-corrected chi connectivity index (χ2v) is 5.09. The van der Waals surface area contributed by atoms with Crippen LogP contribution in [0.4, 0.5) is 0 Å². The fraction of sp³-hybridized carbons (Fsp3) is 0.533. The lowest BCUT2D eigenvalue weighted by Crippen LogP contribution is -2.53. The van der Waals surface area contributed by atoms with Crippen molar-refractivity contribution in [2.75, 3.05) is 19.6 Å². The number of carbonyl (C=O) groups excluding carboxylic acids is 1. The first-order valence-corrected chi connectivity index (χ1v) is 6.70. The molecule has 1 unspecified atom stereocenters. The van der Waals surface area contributed by atoms with Gasteiger partial charge in [0.25, 0.3) is 0 Å². The second-order valence-electron chi connectivity index (χ2n) is 5.09. The monoisotopic (exact) mass is 246 g/mol. The van der Waals surface area contributed by atoms with Gasteiger partial charge in [-0.05, 0) is 25.3 Å². The molecule has 0 spiro atoms. The average Bonchev–Trinajstić information content (AvgIpc) is 2.38. The largest absolute Gasteiger partial charge is 0.337 e. The summed E-state index contributed by atoms with van der Waals surface area (Å²) in [5.74, 6) is 0.199. The van der Waals surface area contributed by atoms with Crippen LogP contribution in [0.1, 0.15) is 24.5 Å². The molecule has 98 valence electrons. The van der Waals surface area contributed by atoms with Crippen LogP contribution in [0.15, 0.2) is 24.3 Å². The Hall–Kier alpha value is -1.35. The van der Waals surface area contributed by atoms with E-state index in [4.69, 9.17) is 0 Å². The van der Waals surface area contributed by atoms with Gasteiger partial charge in [-0.25, -0.2) is 0 Å². The van der Waals surface area contributed by atoms with Gasteiger partial charge >= 0.3 is 0 Å². The Labute approximate surface area is 109 Å². The zero-order valence-corrected chi connectivity index (χ0v) is 11.3. The lowest BCUT2D eigenvalue weighted by molar-refractivity contribution is -0.132. The molecule has 1 aromatic rings. The molecule has 0 saturated carbocycles. The van der Waals surface area contributed by atoms with Crippen molar-refractivity contribution in [2.45, 2.75) is 32.7 Å². The molecule has 1 heterocycles. The lowest BCUT2D eigenvalue weighted by Gasteiger charge is -2.35. The van der Waals surface area contributed by atoms with Gasteiger partial charge in [0.2, 0.25) is 5.91 Å². The Bertz CT molecular complexity index is 399. The van der Waals surface area contributed by atoms with E-state index in [1.165, 1.54) is 11.1 Å². The highest BCUT2D eigenvalue weighted by Crippen LogP contribution is 2.13. The number of nitrogens with zero attached hydrogens (tertiary/aromatic N) is 1. The fourth-order valence-corrected chi connectivity index (χ4v) is 2.52. The summed E-state index contributed by atoms with van der Waals surface area (Å²) in [5.41, 5.74) is 2.65. The van der Waals surface area contributed by atoms with Gasteiger partial charge in [-0.2, -0.15) is 0 Å². The average molecular weight is 246 g/mol. The summed E-state index contributed by atoms with van der Waals surface area (Å²) >= 11 is 0. The highest BCUT2D eigenvalue weighted by atomic mass is 16.2. The van der Waals surface area contributed by atoms with Crippen molar-refractivity contribution < 1.29 is 4.79 Å². The van der Waals surface area contributed by atoms with Crippen LogP contribution in [-0.2, 0) is 11.2 Å². The summed E-state index contributed by atoms with van der Waals surface area (Å²) in [5, 5.41) is 3.37. The minimum absolute atomic E-state index is 0.199. The number of nitrogens with one attached hydrogen (secondary N) is 1. The highest BCUT2D eigenvalue weighted by molar-refractivity contribution is 5.73. The standard InChI is InChI=1S/C15H22N2O/c1-12-3-5-14(6-4-12)7-8-15-11-16-9-10-17(15)13(2)18/h3-6,15-16H,7-11H2,1-2H3. The summed E-state index contributed by atoms with van der Waals surface area (Å²) in [6.07, 6.45) is 2.08. The number of piperazine rings is 1. The van der Waals surface area contributed by atoms with E-state index in [1.807, 2.05) is 4.90 Å². The lowest BCUT2D eigenvalue weighted by atomic mass is 10.0. The maximum atomic E-state index is 11.6. The Balaban J connectivity index is 1.91. The molecule has 1 aliphatic heterocycles. The molecule has 0 radical (unpaired) electrons. The number of carbonyl (C=O) groups is 1. The van der Waals surface area contributed by atoms with Crippen molar-refractivity contribution >= 4 is 5.91 Å². The Morgan fingerprint density at radius 2 is 2.11 bits per heavy atom. The quantitative estimate of drug-likeness (QED) is 0.881. The first-order chi connectivity index (χ1) is 8.66. The van der Waals surface area contributed by atoms with Gasteiger partial charge in [0.15, 0.2) is 0 Å². The molecule has 2 rings (SSSR count). The molecule has 1 saturated heterocycles. The van der Waals surface area contributed by atoms with Crippen LogP contribution in [-0.4, -0.2) is 36.5 Å². The van der Waals surface area contributed by atoms with Gasteiger partial charge < -0.3 is 10.2 Å². The molecule has 1 amide bonds. The van der Waals surface area contributed by atoms with Crippen LogP contribution in [0.25, 0.3) is 0 Å². The normalized spacial score (nSPS) is 19.9. The van der Waals surface area contributed by atoms with Crippen molar-refractivity contribution in [1.82, 2.24) is 10.2 Å². The van der Waals surface area contributed by atoms with Crippen LogP contribution in [0, 0.1) is 6.92 Å². The molecule has 1 atom stereocenters. The van der Waals surface area contributed by atoms with E-state index in [9.17, 15) is 4.79 Å². The van der Waals surface area contributed by atoms with E-state index >= 15 is 0 Å². The Morgan fingerprint density at radius 3 is 2.78 bits per heavy atom. The SMILES string of the molecule is CC(=O)N1CCNCC1CCc1ccc(C)cc1. The van der Waals surface area contributed by atoms with Crippen molar-refractivity contribution in [3.63, 3.8) is 0 Å². The number of amides is 1. The van der Waals surface area contributed by atoms with E-state index in [2.05, 4.69) is 36.5 Å². The molecule has 18 heavy (non-hydrogen) atoms. The first kappa shape index (κ1) is 13.1. The van der Waals surface area contributed by atoms with Gasteiger partial charge in [-0.1, -0.05) is 29.8 Å². The number of hydrogen-bond donors (Lipinski definition) is 1. The first-order valence-electron chi connectivity index (χ1n) is 6.70. The van der Waals surface area contributed by atoms with Gasteiger partial charge in [0.1, 0.15) is 0 Å². The zero-order valence-electron chi connectivity index (χ0n) is 11.3. The Kier molecular flexibility index (Phi) is 4.37. The predicted molar refractivity (Wildman–Crippen MR) is 73.5 cm³/mol. The van der Waals surface area contributed by atoms with Crippen LogP contribution >= 0.6 is 0 Å². The maximum Gasteiger partial charge on any atom is 0.219 e. The molecule has 1 fully saturated rings. The van der Waals surface area contributed by atoms with Crippen LogP contribution in [0.3, 0.4) is 0 Å². The highest BCUT2D eigenvalue weighted by Gasteiger charge is 2.23. The molecule has 1 N–H and O–H groups in total.